The molecular weight excluding hydrogens is 300 g/mol. The number of aromatic nitrogens is 3. The van der Waals surface area contributed by atoms with E-state index in [-0.39, 0.29) is 12.3 Å². The first-order valence-corrected chi connectivity index (χ1v) is 6.97. The maximum absolute atomic E-state index is 12.0. The van der Waals surface area contributed by atoms with Crippen molar-refractivity contribution in [2.24, 2.45) is 0 Å². The lowest BCUT2D eigenvalue weighted by Crippen LogP contribution is -2.15. The first kappa shape index (κ1) is 16.5. The second kappa shape index (κ2) is 6.91. The van der Waals surface area contributed by atoms with Crippen molar-refractivity contribution in [3.63, 3.8) is 0 Å². The molecule has 1 heterocycles. The van der Waals surface area contributed by atoms with Crippen LogP contribution in [0.25, 0.3) is 11.3 Å². The number of carbonyl (C=O) groups is 2. The number of hydrogen-bond donors (Lipinski definition) is 1. The number of nitrogens with one attached hydrogen (secondary N) is 1. The van der Waals surface area contributed by atoms with Crippen LogP contribution in [0.1, 0.15) is 27.8 Å². The normalized spacial score (nSPS) is 10.3. The fraction of sp³-hybridized carbons (Fsp3) is 0.333. The van der Waals surface area contributed by atoms with Gasteiger partial charge in [-0.15, -0.1) is 5.10 Å². The molecule has 8 nitrogen and oxygen atoms in total. The molecule has 0 saturated heterocycles. The zero-order chi connectivity index (χ0) is 17.0. The van der Waals surface area contributed by atoms with Gasteiger partial charge in [0.15, 0.2) is 5.69 Å². The van der Waals surface area contributed by atoms with E-state index in [1.807, 2.05) is 14.1 Å². The minimum absolute atomic E-state index is 0.0697. The van der Waals surface area contributed by atoms with Crippen molar-refractivity contribution in [1.29, 1.82) is 0 Å². The van der Waals surface area contributed by atoms with E-state index in [0.29, 0.717) is 22.5 Å². The van der Waals surface area contributed by atoms with Crippen molar-refractivity contribution in [3.8, 4) is 11.3 Å². The van der Waals surface area contributed by atoms with Crippen LogP contribution in [0, 0.1) is 0 Å². The van der Waals surface area contributed by atoms with E-state index in [1.54, 1.807) is 30.0 Å². The number of nitrogens with zero attached hydrogens (tertiary/aromatic N) is 3. The van der Waals surface area contributed by atoms with E-state index < -0.39 is 11.9 Å². The van der Waals surface area contributed by atoms with Crippen LogP contribution in [0.3, 0.4) is 0 Å². The highest BCUT2D eigenvalue weighted by Gasteiger charge is 2.21. The van der Waals surface area contributed by atoms with Gasteiger partial charge in [-0.2, -0.15) is 10.3 Å². The number of ether oxygens (including phenoxy) is 2. The summed E-state index contributed by atoms with van der Waals surface area (Å²) < 4.78 is 9.76. The molecule has 0 aliphatic heterocycles. The molecule has 0 aliphatic rings. The molecular formula is C15H18N4O4. The third kappa shape index (κ3) is 3.31. The predicted octanol–water partition coefficient (Wildman–Crippen LogP) is 1.50. The van der Waals surface area contributed by atoms with Gasteiger partial charge >= 0.3 is 11.9 Å². The Morgan fingerprint density at radius 2 is 1.96 bits per heavy atom. The lowest BCUT2D eigenvalue weighted by molar-refractivity contribution is 0.0519. The Bertz CT molecular complexity index is 724. The minimum atomic E-state index is -0.576. The fourth-order valence-electron chi connectivity index (χ4n) is 2.12. The van der Waals surface area contributed by atoms with Gasteiger partial charge in [0.25, 0.3) is 0 Å². The van der Waals surface area contributed by atoms with Crippen LogP contribution in [-0.4, -0.2) is 55.2 Å². The monoisotopic (exact) mass is 318 g/mol. The van der Waals surface area contributed by atoms with Crippen molar-refractivity contribution < 1.29 is 19.1 Å². The van der Waals surface area contributed by atoms with Gasteiger partial charge in [-0.1, -0.05) is 6.07 Å². The van der Waals surface area contributed by atoms with Gasteiger partial charge in [0.1, 0.15) is 5.69 Å². The maximum Gasteiger partial charge on any atom is 0.361 e. The number of esters is 2. The average molecular weight is 318 g/mol. The van der Waals surface area contributed by atoms with E-state index in [4.69, 9.17) is 9.47 Å². The number of rotatable bonds is 5. The van der Waals surface area contributed by atoms with Gasteiger partial charge in [-0.05, 0) is 19.1 Å². The molecule has 0 fully saturated rings. The Balaban J connectivity index is 2.52. The smallest absolute Gasteiger partial charge is 0.361 e. The van der Waals surface area contributed by atoms with E-state index >= 15 is 0 Å². The highest BCUT2D eigenvalue weighted by Crippen LogP contribution is 2.27. The Morgan fingerprint density at radius 3 is 2.57 bits per heavy atom. The Kier molecular flexibility index (Phi) is 4.95. The van der Waals surface area contributed by atoms with Gasteiger partial charge in [0, 0.05) is 19.7 Å². The van der Waals surface area contributed by atoms with Crippen molar-refractivity contribution in [2.75, 3.05) is 32.7 Å². The number of hydrogen-bond acceptors (Lipinski definition) is 7. The van der Waals surface area contributed by atoms with Gasteiger partial charge < -0.3 is 14.4 Å². The van der Waals surface area contributed by atoms with Crippen LogP contribution < -0.4 is 4.90 Å². The van der Waals surface area contributed by atoms with E-state index in [1.165, 1.54) is 7.11 Å². The zero-order valence-electron chi connectivity index (χ0n) is 13.4. The average Bonchev–Trinajstić information content (AvgIpc) is 3.03. The molecule has 122 valence electrons. The standard InChI is InChI=1S/C15H18N4O4/c1-5-23-15(21)13-12(16-18-17-13)9-6-7-11(19(2)3)10(8-9)14(20)22-4/h6-8H,5H2,1-4H3,(H,16,17,18). The molecule has 1 N–H and O–H groups in total. The van der Waals surface area contributed by atoms with Gasteiger partial charge in [-0.25, -0.2) is 9.59 Å². The molecule has 2 rings (SSSR count). The number of benzene rings is 1. The third-order valence-corrected chi connectivity index (χ3v) is 3.17. The van der Waals surface area contributed by atoms with Crippen molar-refractivity contribution in [2.45, 2.75) is 6.92 Å². The summed E-state index contributed by atoms with van der Waals surface area (Å²) >= 11 is 0. The molecule has 0 saturated carbocycles. The highest BCUT2D eigenvalue weighted by atomic mass is 16.5. The Labute approximate surface area is 133 Å². The molecule has 8 heteroatoms. The minimum Gasteiger partial charge on any atom is -0.465 e. The first-order valence-electron chi connectivity index (χ1n) is 6.97. The summed E-state index contributed by atoms with van der Waals surface area (Å²) in [5.41, 5.74) is 2.02. The number of anilines is 1. The second-order valence-electron chi connectivity index (χ2n) is 4.86. The van der Waals surface area contributed by atoms with Crippen molar-refractivity contribution in [1.82, 2.24) is 15.4 Å². The van der Waals surface area contributed by atoms with Crippen LogP contribution >= 0.6 is 0 Å². The summed E-state index contributed by atoms with van der Waals surface area (Å²) in [5.74, 6) is -1.05. The number of methoxy groups -OCH3 is 1. The SMILES string of the molecule is CCOC(=O)c1n[nH]nc1-c1ccc(N(C)C)c(C(=O)OC)c1. The van der Waals surface area contributed by atoms with Gasteiger partial charge in [0.05, 0.1) is 25.0 Å². The fourth-order valence-corrected chi connectivity index (χ4v) is 2.12. The number of H-pyrrole nitrogens is 1. The molecule has 0 radical (unpaired) electrons. The van der Waals surface area contributed by atoms with Crippen LogP contribution in [0.4, 0.5) is 5.69 Å². The topological polar surface area (TPSA) is 97.4 Å². The molecule has 23 heavy (non-hydrogen) atoms. The summed E-state index contributed by atoms with van der Waals surface area (Å²) in [7, 11) is 4.96. The van der Waals surface area contributed by atoms with Crippen LogP contribution in [0.5, 0.6) is 0 Å². The molecule has 2 aromatic rings. The summed E-state index contributed by atoms with van der Waals surface area (Å²) in [6.45, 7) is 1.94. The number of aromatic amines is 1. The van der Waals surface area contributed by atoms with E-state index in [0.717, 1.165) is 0 Å². The molecule has 0 unspecified atom stereocenters. The van der Waals surface area contributed by atoms with Crippen molar-refractivity contribution >= 4 is 17.6 Å². The molecule has 1 aromatic heterocycles. The number of carbonyl (C=O) groups excluding carboxylic acids is 2. The van der Waals surface area contributed by atoms with E-state index in [9.17, 15) is 9.59 Å². The molecule has 0 atom stereocenters. The Hall–Kier alpha value is -2.90. The lowest BCUT2D eigenvalue weighted by Gasteiger charge is -2.17. The van der Waals surface area contributed by atoms with Gasteiger partial charge in [0.2, 0.25) is 0 Å². The highest BCUT2D eigenvalue weighted by molar-refractivity contribution is 5.99. The second-order valence-corrected chi connectivity index (χ2v) is 4.86. The molecule has 0 bridgehead atoms. The van der Waals surface area contributed by atoms with Crippen LogP contribution in [0.15, 0.2) is 18.2 Å². The summed E-state index contributed by atoms with van der Waals surface area (Å²) in [5, 5.41) is 10.2. The molecule has 0 amide bonds. The quantitative estimate of drug-likeness (QED) is 0.834. The third-order valence-electron chi connectivity index (χ3n) is 3.17. The zero-order valence-corrected chi connectivity index (χ0v) is 13.4. The summed E-state index contributed by atoms with van der Waals surface area (Å²) in [6, 6.07) is 5.12. The van der Waals surface area contributed by atoms with Crippen LogP contribution in [-0.2, 0) is 9.47 Å². The molecule has 1 aromatic carbocycles. The first-order chi connectivity index (χ1) is 11.0. The predicted molar refractivity (Wildman–Crippen MR) is 83.4 cm³/mol. The van der Waals surface area contributed by atoms with Crippen molar-refractivity contribution in [3.05, 3.63) is 29.5 Å². The largest absolute Gasteiger partial charge is 0.465 e. The maximum atomic E-state index is 12.0. The lowest BCUT2D eigenvalue weighted by atomic mass is 10.0. The van der Waals surface area contributed by atoms with Gasteiger partial charge in [-0.3, -0.25) is 0 Å². The summed E-state index contributed by atoms with van der Waals surface area (Å²) in [6.07, 6.45) is 0. The van der Waals surface area contributed by atoms with Crippen LogP contribution in [0.2, 0.25) is 0 Å². The van der Waals surface area contributed by atoms with E-state index in [2.05, 4.69) is 15.4 Å². The Morgan fingerprint density at radius 1 is 1.22 bits per heavy atom. The molecule has 0 aliphatic carbocycles. The molecule has 0 spiro atoms. The summed E-state index contributed by atoms with van der Waals surface area (Å²) in [4.78, 5) is 25.7.